The van der Waals surface area contributed by atoms with Gasteiger partial charge in [0, 0.05) is 19.8 Å². The van der Waals surface area contributed by atoms with Crippen LogP contribution in [0.3, 0.4) is 0 Å². The molecule has 2 N–H and O–H groups in total. The van der Waals surface area contributed by atoms with E-state index < -0.39 is 6.10 Å². The molecule has 0 bridgehead atoms. The van der Waals surface area contributed by atoms with Crippen molar-refractivity contribution in [3.05, 3.63) is 48.4 Å². The van der Waals surface area contributed by atoms with Gasteiger partial charge in [-0.2, -0.15) is 5.10 Å². The Kier molecular flexibility index (Phi) is 3.79. The van der Waals surface area contributed by atoms with Crippen LogP contribution >= 0.6 is 0 Å². The van der Waals surface area contributed by atoms with Crippen LogP contribution in [0.1, 0.15) is 18.1 Å². The van der Waals surface area contributed by atoms with Crippen molar-refractivity contribution in [1.29, 1.82) is 0 Å². The normalized spacial score (nSPS) is 12.5. The number of anilines is 1. The molecule has 2 aromatic heterocycles. The van der Waals surface area contributed by atoms with Gasteiger partial charge in [-0.1, -0.05) is 30.3 Å². The van der Waals surface area contributed by atoms with Gasteiger partial charge in [-0.05, 0) is 12.0 Å². The fourth-order valence-corrected chi connectivity index (χ4v) is 2.26. The fourth-order valence-electron chi connectivity index (χ4n) is 2.26. The van der Waals surface area contributed by atoms with Gasteiger partial charge in [0.15, 0.2) is 5.65 Å². The van der Waals surface area contributed by atoms with Crippen molar-refractivity contribution in [2.75, 3.05) is 11.9 Å². The number of benzene rings is 1. The van der Waals surface area contributed by atoms with Crippen LogP contribution in [0.4, 0.5) is 5.82 Å². The number of aromatic nitrogens is 4. The largest absolute Gasteiger partial charge is 0.388 e. The summed E-state index contributed by atoms with van der Waals surface area (Å²) in [6.07, 6.45) is 3.50. The van der Waals surface area contributed by atoms with E-state index >= 15 is 0 Å². The van der Waals surface area contributed by atoms with Gasteiger partial charge in [-0.15, -0.1) is 0 Å². The molecule has 108 valence electrons. The molecule has 1 unspecified atom stereocenters. The second-order valence-corrected chi connectivity index (χ2v) is 4.90. The number of nitrogens with one attached hydrogen (secondary N) is 1. The van der Waals surface area contributed by atoms with Gasteiger partial charge in [-0.3, -0.25) is 4.68 Å². The predicted octanol–water partition coefficient (Wildman–Crippen LogP) is 1.90. The molecule has 1 atom stereocenters. The number of rotatable bonds is 5. The lowest BCUT2D eigenvalue weighted by Gasteiger charge is -2.12. The number of hydrogen-bond donors (Lipinski definition) is 2. The van der Waals surface area contributed by atoms with Crippen molar-refractivity contribution in [1.82, 2.24) is 19.7 Å². The maximum atomic E-state index is 10.1. The van der Waals surface area contributed by atoms with Crippen molar-refractivity contribution in [3.8, 4) is 0 Å². The molecule has 0 aliphatic heterocycles. The number of nitrogens with zero attached hydrogens (tertiary/aromatic N) is 4. The molecular weight excluding hydrogens is 266 g/mol. The molecule has 6 heteroatoms. The molecule has 0 radical (unpaired) electrons. The SMILES string of the molecule is Cn1cc2c(NCCC(O)c3ccccc3)ncnc2n1. The lowest BCUT2D eigenvalue weighted by Crippen LogP contribution is -2.09. The molecule has 3 aromatic rings. The monoisotopic (exact) mass is 283 g/mol. The smallest absolute Gasteiger partial charge is 0.186 e. The topological polar surface area (TPSA) is 75.9 Å². The average molecular weight is 283 g/mol. The Balaban J connectivity index is 1.64. The minimum absolute atomic E-state index is 0.482. The Labute approximate surface area is 122 Å². The summed E-state index contributed by atoms with van der Waals surface area (Å²) < 4.78 is 1.71. The van der Waals surface area contributed by atoms with E-state index in [-0.39, 0.29) is 0 Å². The first-order valence-corrected chi connectivity index (χ1v) is 6.85. The Morgan fingerprint density at radius 2 is 2.05 bits per heavy atom. The summed E-state index contributed by atoms with van der Waals surface area (Å²) >= 11 is 0. The average Bonchev–Trinajstić information content (AvgIpc) is 2.89. The van der Waals surface area contributed by atoms with Gasteiger partial charge in [0.2, 0.25) is 0 Å². The third-order valence-corrected chi connectivity index (χ3v) is 3.33. The molecule has 0 spiro atoms. The Hall–Kier alpha value is -2.47. The lowest BCUT2D eigenvalue weighted by atomic mass is 10.1. The molecule has 1 aromatic carbocycles. The van der Waals surface area contributed by atoms with Crippen LogP contribution in [0.15, 0.2) is 42.9 Å². The van der Waals surface area contributed by atoms with Crippen LogP contribution in [0.2, 0.25) is 0 Å². The molecular formula is C15H17N5O. The van der Waals surface area contributed by atoms with Crippen molar-refractivity contribution in [3.63, 3.8) is 0 Å². The van der Waals surface area contributed by atoms with Gasteiger partial charge >= 0.3 is 0 Å². The highest BCUT2D eigenvalue weighted by Crippen LogP contribution is 2.19. The van der Waals surface area contributed by atoms with E-state index in [1.54, 1.807) is 4.68 Å². The molecule has 0 saturated carbocycles. The van der Waals surface area contributed by atoms with Gasteiger partial charge in [0.05, 0.1) is 11.5 Å². The number of fused-ring (bicyclic) bond motifs is 1. The Morgan fingerprint density at radius 3 is 2.86 bits per heavy atom. The minimum Gasteiger partial charge on any atom is -0.388 e. The van der Waals surface area contributed by atoms with Gasteiger partial charge < -0.3 is 10.4 Å². The first kappa shape index (κ1) is 13.5. The number of aryl methyl sites for hydroxylation is 1. The van der Waals surface area contributed by atoms with Crippen LogP contribution in [0.5, 0.6) is 0 Å². The highest BCUT2D eigenvalue weighted by Gasteiger charge is 2.09. The van der Waals surface area contributed by atoms with E-state index in [4.69, 9.17) is 0 Å². The zero-order valence-electron chi connectivity index (χ0n) is 11.8. The maximum Gasteiger partial charge on any atom is 0.186 e. The van der Waals surface area contributed by atoms with E-state index in [0.717, 1.165) is 16.8 Å². The molecule has 3 rings (SSSR count). The first-order valence-electron chi connectivity index (χ1n) is 6.85. The summed E-state index contributed by atoms with van der Waals surface area (Å²) in [5.74, 6) is 0.744. The van der Waals surface area contributed by atoms with Crippen molar-refractivity contribution in [2.24, 2.45) is 7.05 Å². The van der Waals surface area contributed by atoms with Gasteiger partial charge in [0.1, 0.15) is 12.1 Å². The number of aliphatic hydroxyl groups excluding tert-OH is 1. The second-order valence-electron chi connectivity index (χ2n) is 4.90. The Bertz CT molecular complexity index is 725. The summed E-state index contributed by atoms with van der Waals surface area (Å²) in [5.41, 5.74) is 1.59. The van der Waals surface area contributed by atoms with E-state index in [1.165, 1.54) is 6.33 Å². The highest BCUT2D eigenvalue weighted by atomic mass is 16.3. The maximum absolute atomic E-state index is 10.1. The van der Waals surface area contributed by atoms with E-state index in [1.807, 2.05) is 43.6 Å². The quantitative estimate of drug-likeness (QED) is 0.748. The number of hydrogen-bond acceptors (Lipinski definition) is 5. The first-order chi connectivity index (χ1) is 10.2. The molecule has 0 amide bonds. The van der Waals surface area contributed by atoms with Gasteiger partial charge in [0.25, 0.3) is 0 Å². The van der Waals surface area contributed by atoms with E-state index in [9.17, 15) is 5.11 Å². The summed E-state index contributed by atoms with van der Waals surface area (Å²) in [4.78, 5) is 8.35. The van der Waals surface area contributed by atoms with Crippen LogP contribution in [-0.2, 0) is 7.05 Å². The Morgan fingerprint density at radius 1 is 1.24 bits per heavy atom. The molecule has 0 fully saturated rings. The molecule has 2 heterocycles. The van der Waals surface area contributed by atoms with Gasteiger partial charge in [-0.25, -0.2) is 9.97 Å². The molecule has 6 nitrogen and oxygen atoms in total. The standard InChI is InChI=1S/C15H17N5O/c1-20-9-12-14(17-10-18-15(12)19-20)16-8-7-13(21)11-5-3-2-4-6-11/h2-6,9-10,13,21H,7-8H2,1H3,(H,16,17,18,19). The minimum atomic E-state index is -0.482. The van der Waals surface area contributed by atoms with Crippen molar-refractivity contribution in [2.45, 2.75) is 12.5 Å². The zero-order valence-corrected chi connectivity index (χ0v) is 11.8. The van der Waals surface area contributed by atoms with Crippen LogP contribution < -0.4 is 5.32 Å². The van der Waals surface area contributed by atoms with E-state index in [2.05, 4.69) is 20.4 Å². The van der Waals surface area contributed by atoms with Crippen LogP contribution in [-0.4, -0.2) is 31.4 Å². The molecule has 0 aliphatic rings. The summed E-state index contributed by atoms with van der Waals surface area (Å²) in [6.45, 7) is 0.622. The lowest BCUT2D eigenvalue weighted by molar-refractivity contribution is 0.171. The summed E-state index contributed by atoms with van der Waals surface area (Å²) in [5, 5.41) is 18.5. The second kappa shape index (κ2) is 5.88. The fraction of sp³-hybridized carbons (Fsp3) is 0.267. The third kappa shape index (κ3) is 3.00. The van der Waals surface area contributed by atoms with Crippen LogP contribution in [0, 0.1) is 0 Å². The molecule has 0 aliphatic carbocycles. The van der Waals surface area contributed by atoms with Crippen LogP contribution in [0.25, 0.3) is 11.0 Å². The predicted molar refractivity (Wildman–Crippen MR) is 80.8 cm³/mol. The number of aliphatic hydroxyl groups is 1. The molecule has 0 saturated heterocycles. The summed E-state index contributed by atoms with van der Waals surface area (Å²) in [7, 11) is 1.85. The van der Waals surface area contributed by atoms with E-state index in [0.29, 0.717) is 18.6 Å². The summed E-state index contributed by atoms with van der Waals surface area (Å²) in [6, 6.07) is 9.64. The zero-order chi connectivity index (χ0) is 14.7. The van der Waals surface area contributed by atoms with Crippen molar-refractivity contribution >= 4 is 16.9 Å². The molecule has 21 heavy (non-hydrogen) atoms. The third-order valence-electron chi connectivity index (χ3n) is 3.33. The highest BCUT2D eigenvalue weighted by molar-refractivity contribution is 5.85. The van der Waals surface area contributed by atoms with Crippen molar-refractivity contribution < 1.29 is 5.11 Å².